The number of aromatic nitrogens is 2. The fourth-order valence-electron chi connectivity index (χ4n) is 0.728. The van der Waals surface area contributed by atoms with Crippen LogP contribution in [0.5, 0.6) is 5.88 Å². The molecule has 1 rings (SSSR count). The van der Waals surface area contributed by atoms with Crippen LogP contribution < -0.4 is 4.74 Å². The van der Waals surface area contributed by atoms with Crippen molar-refractivity contribution in [3.8, 4) is 5.88 Å². The highest BCUT2D eigenvalue weighted by Gasteiger charge is 2.02. The van der Waals surface area contributed by atoms with Gasteiger partial charge in [0.1, 0.15) is 0 Å². The topological polar surface area (TPSA) is 72.3 Å². The molecule has 1 aromatic heterocycles. The Bertz CT molecular complexity index is 325. The van der Waals surface area contributed by atoms with Crippen LogP contribution in [0, 0.1) is 13.8 Å². The highest BCUT2D eigenvalue weighted by molar-refractivity contribution is 5.68. The van der Waals surface area contributed by atoms with Gasteiger partial charge in [-0.1, -0.05) is 0 Å². The Morgan fingerprint density at radius 1 is 1.54 bits per heavy atom. The number of rotatable bonds is 3. The minimum Gasteiger partial charge on any atom is -0.479 e. The van der Waals surface area contributed by atoms with Gasteiger partial charge in [-0.05, 0) is 19.4 Å². The maximum atomic E-state index is 10.2. The minimum atomic E-state index is -1.03. The standard InChI is InChI=1S/C8H10N2O3/c1-5-3-7(10-9-6(5)2)13-4-8(11)12/h3H,4H2,1-2H3,(H,11,12). The van der Waals surface area contributed by atoms with Crippen LogP contribution >= 0.6 is 0 Å². The maximum absolute atomic E-state index is 10.2. The summed E-state index contributed by atoms with van der Waals surface area (Å²) in [7, 11) is 0. The molecule has 0 bridgehead atoms. The van der Waals surface area contributed by atoms with Crippen LogP contribution in [0.15, 0.2) is 6.07 Å². The van der Waals surface area contributed by atoms with Crippen molar-refractivity contribution in [3.63, 3.8) is 0 Å². The van der Waals surface area contributed by atoms with E-state index >= 15 is 0 Å². The molecular weight excluding hydrogens is 172 g/mol. The first-order valence-electron chi connectivity index (χ1n) is 3.75. The van der Waals surface area contributed by atoms with Crippen molar-refractivity contribution in [2.75, 3.05) is 6.61 Å². The van der Waals surface area contributed by atoms with Gasteiger partial charge in [0, 0.05) is 6.07 Å². The highest BCUT2D eigenvalue weighted by Crippen LogP contribution is 2.09. The van der Waals surface area contributed by atoms with E-state index in [0.29, 0.717) is 0 Å². The molecule has 0 atom stereocenters. The molecule has 0 aliphatic rings. The van der Waals surface area contributed by atoms with Crippen LogP contribution in [0.3, 0.4) is 0 Å². The molecule has 5 nitrogen and oxygen atoms in total. The highest BCUT2D eigenvalue weighted by atomic mass is 16.5. The van der Waals surface area contributed by atoms with Crippen molar-refractivity contribution < 1.29 is 14.6 Å². The van der Waals surface area contributed by atoms with Crippen molar-refractivity contribution in [2.45, 2.75) is 13.8 Å². The summed E-state index contributed by atoms with van der Waals surface area (Å²) in [6, 6.07) is 1.66. The molecule has 70 valence electrons. The normalized spacial score (nSPS) is 9.69. The third-order valence-electron chi connectivity index (χ3n) is 1.55. The monoisotopic (exact) mass is 182 g/mol. The van der Waals surface area contributed by atoms with Crippen molar-refractivity contribution >= 4 is 5.97 Å². The molecule has 0 spiro atoms. The Kier molecular flexibility index (Phi) is 2.79. The largest absolute Gasteiger partial charge is 0.479 e. The fourth-order valence-corrected chi connectivity index (χ4v) is 0.728. The minimum absolute atomic E-state index is 0.241. The zero-order chi connectivity index (χ0) is 9.84. The van der Waals surface area contributed by atoms with E-state index < -0.39 is 12.6 Å². The van der Waals surface area contributed by atoms with Gasteiger partial charge < -0.3 is 9.84 Å². The lowest BCUT2D eigenvalue weighted by Crippen LogP contribution is -2.10. The number of aliphatic carboxylic acids is 1. The molecule has 0 saturated carbocycles. The van der Waals surface area contributed by atoms with E-state index in [0.717, 1.165) is 11.3 Å². The molecule has 13 heavy (non-hydrogen) atoms. The number of ether oxygens (including phenoxy) is 1. The zero-order valence-corrected chi connectivity index (χ0v) is 7.44. The number of hydrogen-bond acceptors (Lipinski definition) is 4. The molecule has 0 radical (unpaired) electrons. The van der Waals surface area contributed by atoms with Crippen LogP contribution in [0.1, 0.15) is 11.3 Å². The molecule has 0 saturated heterocycles. The smallest absolute Gasteiger partial charge is 0.341 e. The second kappa shape index (κ2) is 3.84. The molecule has 0 fully saturated rings. The van der Waals surface area contributed by atoms with E-state index in [9.17, 15) is 4.79 Å². The number of carboxylic acids is 1. The Labute approximate surface area is 75.4 Å². The van der Waals surface area contributed by atoms with Gasteiger partial charge in [0.2, 0.25) is 5.88 Å². The van der Waals surface area contributed by atoms with Gasteiger partial charge in [0.15, 0.2) is 6.61 Å². The quantitative estimate of drug-likeness (QED) is 0.739. The number of aryl methyl sites for hydroxylation is 2. The van der Waals surface area contributed by atoms with Crippen LogP contribution in [-0.4, -0.2) is 27.9 Å². The second-order valence-corrected chi connectivity index (χ2v) is 2.63. The van der Waals surface area contributed by atoms with Gasteiger partial charge in [0.25, 0.3) is 0 Å². The number of carbonyl (C=O) groups is 1. The fraction of sp³-hybridized carbons (Fsp3) is 0.375. The van der Waals surface area contributed by atoms with E-state index in [2.05, 4.69) is 10.2 Å². The van der Waals surface area contributed by atoms with E-state index in [1.165, 1.54) is 0 Å². The lowest BCUT2D eigenvalue weighted by atomic mass is 10.2. The van der Waals surface area contributed by atoms with Crippen LogP contribution in [0.4, 0.5) is 0 Å². The Balaban J connectivity index is 2.68. The Hall–Kier alpha value is -1.65. The number of nitrogens with zero attached hydrogens (tertiary/aromatic N) is 2. The Morgan fingerprint density at radius 2 is 2.23 bits per heavy atom. The molecular formula is C8H10N2O3. The molecule has 5 heteroatoms. The van der Waals surface area contributed by atoms with Crippen molar-refractivity contribution in [3.05, 3.63) is 17.3 Å². The van der Waals surface area contributed by atoms with Gasteiger partial charge in [-0.15, -0.1) is 5.10 Å². The van der Waals surface area contributed by atoms with Gasteiger partial charge in [-0.2, -0.15) is 5.10 Å². The van der Waals surface area contributed by atoms with Gasteiger partial charge in [-0.3, -0.25) is 0 Å². The lowest BCUT2D eigenvalue weighted by Gasteiger charge is -2.02. The van der Waals surface area contributed by atoms with Crippen molar-refractivity contribution in [1.29, 1.82) is 0 Å². The number of hydrogen-bond donors (Lipinski definition) is 1. The van der Waals surface area contributed by atoms with Gasteiger partial charge >= 0.3 is 5.97 Å². The zero-order valence-electron chi connectivity index (χ0n) is 7.44. The van der Waals surface area contributed by atoms with Crippen LogP contribution in [0.25, 0.3) is 0 Å². The molecule has 0 aliphatic heterocycles. The van der Waals surface area contributed by atoms with Gasteiger partial charge in [-0.25, -0.2) is 4.79 Å². The first-order valence-corrected chi connectivity index (χ1v) is 3.75. The summed E-state index contributed by atoms with van der Waals surface area (Å²) in [6.45, 7) is 3.29. The lowest BCUT2D eigenvalue weighted by molar-refractivity contribution is -0.139. The molecule has 0 amide bonds. The average molecular weight is 182 g/mol. The Morgan fingerprint density at radius 3 is 2.77 bits per heavy atom. The second-order valence-electron chi connectivity index (χ2n) is 2.63. The van der Waals surface area contributed by atoms with Crippen LogP contribution in [-0.2, 0) is 4.79 Å². The van der Waals surface area contributed by atoms with Crippen LogP contribution in [0.2, 0.25) is 0 Å². The molecule has 0 unspecified atom stereocenters. The summed E-state index contributed by atoms with van der Waals surface area (Å²) in [5.74, 6) is -0.787. The predicted octanol–water partition coefficient (Wildman–Crippen LogP) is 0.557. The third-order valence-corrected chi connectivity index (χ3v) is 1.55. The SMILES string of the molecule is Cc1cc(OCC(=O)O)nnc1C. The van der Waals surface area contributed by atoms with E-state index in [-0.39, 0.29) is 5.88 Å². The summed E-state index contributed by atoms with van der Waals surface area (Å²) in [4.78, 5) is 10.2. The predicted molar refractivity (Wildman–Crippen MR) is 44.6 cm³/mol. The summed E-state index contributed by atoms with van der Waals surface area (Å²) in [6.07, 6.45) is 0. The molecule has 1 N–H and O–H groups in total. The maximum Gasteiger partial charge on any atom is 0.341 e. The van der Waals surface area contributed by atoms with Gasteiger partial charge in [0.05, 0.1) is 5.69 Å². The molecule has 0 aliphatic carbocycles. The van der Waals surface area contributed by atoms with E-state index in [4.69, 9.17) is 9.84 Å². The summed E-state index contributed by atoms with van der Waals surface area (Å²) < 4.78 is 4.83. The first kappa shape index (κ1) is 9.44. The summed E-state index contributed by atoms with van der Waals surface area (Å²) >= 11 is 0. The average Bonchev–Trinajstić information content (AvgIpc) is 2.07. The molecule has 0 aromatic carbocycles. The first-order chi connectivity index (χ1) is 6.09. The third kappa shape index (κ3) is 2.70. The number of carboxylic acid groups (broad SMARTS) is 1. The van der Waals surface area contributed by atoms with Crippen molar-refractivity contribution in [1.82, 2.24) is 10.2 Å². The van der Waals surface area contributed by atoms with E-state index in [1.54, 1.807) is 6.07 Å². The summed E-state index contributed by atoms with van der Waals surface area (Å²) in [5.41, 5.74) is 1.73. The summed E-state index contributed by atoms with van der Waals surface area (Å²) in [5, 5.41) is 15.8. The molecule has 1 aromatic rings. The van der Waals surface area contributed by atoms with E-state index in [1.807, 2.05) is 13.8 Å². The van der Waals surface area contributed by atoms with Crippen molar-refractivity contribution in [2.24, 2.45) is 0 Å². The molecule has 1 heterocycles.